The summed E-state index contributed by atoms with van der Waals surface area (Å²) in [6.07, 6.45) is 4.31. The number of furan rings is 1. The molecule has 4 nitrogen and oxygen atoms in total. The zero-order valence-electron chi connectivity index (χ0n) is 9.32. The summed E-state index contributed by atoms with van der Waals surface area (Å²) < 4.78 is 4.94. The van der Waals surface area contributed by atoms with Crippen LogP contribution < -0.4 is 5.32 Å². The van der Waals surface area contributed by atoms with Gasteiger partial charge in [0.1, 0.15) is 0 Å². The number of hydrogen-bond donors (Lipinski definition) is 1. The summed E-state index contributed by atoms with van der Waals surface area (Å²) in [5.41, 5.74) is 1.02. The third kappa shape index (κ3) is 4.16. The smallest absolute Gasteiger partial charge is 0.236 e. The maximum absolute atomic E-state index is 11.6. The third-order valence-corrected chi connectivity index (χ3v) is 2.13. The molecule has 0 aliphatic carbocycles. The molecule has 0 saturated carbocycles. The normalized spacial score (nSPS) is 10.3. The second-order valence-electron chi connectivity index (χ2n) is 3.56. The van der Waals surface area contributed by atoms with Gasteiger partial charge >= 0.3 is 0 Å². The number of nitrogens with one attached hydrogen (secondary N) is 1. The van der Waals surface area contributed by atoms with Crippen molar-refractivity contribution in [3.63, 3.8) is 0 Å². The summed E-state index contributed by atoms with van der Waals surface area (Å²) in [4.78, 5) is 13.3. The van der Waals surface area contributed by atoms with Gasteiger partial charge in [-0.05, 0) is 19.0 Å². The first-order chi connectivity index (χ1) is 7.24. The molecule has 1 aromatic heterocycles. The van der Waals surface area contributed by atoms with Gasteiger partial charge in [0.2, 0.25) is 5.91 Å². The lowest BCUT2D eigenvalue weighted by Gasteiger charge is -2.16. The second-order valence-corrected chi connectivity index (χ2v) is 3.56. The van der Waals surface area contributed by atoms with Crippen molar-refractivity contribution >= 4 is 5.91 Å². The van der Waals surface area contributed by atoms with Gasteiger partial charge in [-0.25, -0.2) is 0 Å². The highest BCUT2D eigenvalue weighted by Gasteiger charge is 2.08. The van der Waals surface area contributed by atoms with E-state index in [1.165, 1.54) is 0 Å². The fourth-order valence-electron chi connectivity index (χ4n) is 1.25. The number of carbonyl (C=O) groups excluding carboxylic acids is 1. The first-order valence-corrected chi connectivity index (χ1v) is 5.19. The van der Waals surface area contributed by atoms with E-state index in [2.05, 4.69) is 12.2 Å². The highest BCUT2D eigenvalue weighted by molar-refractivity contribution is 5.77. The van der Waals surface area contributed by atoms with Crippen LogP contribution in [0, 0.1) is 0 Å². The molecule has 0 aliphatic heterocycles. The SMILES string of the molecule is CCCNCC(=O)N(C)Cc1ccoc1. The summed E-state index contributed by atoms with van der Waals surface area (Å²) in [7, 11) is 1.79. The van der Waals surface area contributed by atoms with E-state index >= 15 is 0 Å². The summed E-state index contributed by atoms with van der Waals surface area (Å²) in [6, 6.07) is 1.86. The van der Waals surface area contributed by atoms with Crippen LogP contribution in [0.2, 0.25) is 0 Å². The van der Waals surface area contributed by atoms with Gasteiger partial charge in [-0.2, -0.15) is 0 Å². The fourth-order valence-corrected chi connectivity index (χ4v) is 1.25. The molecule has 1 N–H and O–H groups in total. The Balaban J connectivity index is 2.27. The molecular weight excluding hydrogens is 192 g/mol. The molecule has 0 radical (unpaired) electrons. The highest BCUT2D eigenvalue weighted by Crippen LogP contribution is 2.03. The quantitative estimate of drug-likeness (QED) is 0.718. The molecule has 0 atom stereocenters. The Hall–Kier alpha value is -1.29. The zero-order valence-corrected chi connectivity index (χ0v) is 9.32. The van der Waals surface area contributed by atoms with Gasteiger partial charge in [0, 0.05) is 19.2 Å². The highest BCUT2D eigenvalue weighted by atomic mass is 16.3. The molecule has 4 heteroatoms. The van der Waals surface area contributed by atoms with E-state index in [1.54, 1.807) is 24.5 Å². The van der Waals surface area contributed by atoms with Gasteiger partial charge in [-0.1, -0.05) is 6.92 Å². The van der Waals surface area contributed by atoms with E-state index in [-0.39, 0.29) is 5.91 Å². The maximum Gasteiger partial charge on any atom is 0.236 e. The molecule has 1 aromatic rings. The Morgan fingerprint density at radius 1 is 1.60 bits per heavy atom. The second kappa shape index (κ2) is 6.24. The molecular formula is C11H18N2O2. The van der Waals surface area contributed by atoms with Crippen LogP contribution in [0.15, 0.2) is 23.0 Å². The Bertz CT molecular complexity index is 283. The lowest BCUT2D eigenvalue weighted by molar-refractivity contribution is -0.129. The van der Waals surface area contributed by atoms with Gasteiger partial charge in [0.15, 0.2) is 0 Å². The molecule has 1 amide bonds. The lowest BCUT2D eigenvalue weighted by atomic mass is 10.3. The molecule has 0 spiro atoms. The summed E-state index contributed by atoms with van der Waals surface area (Å²) in [5.74, 6) is 0.102. The molecule has 0 aliphatic rings. The molecule has 84 valence electrons. The van der Waals surface area contributed by atoms with Crippen molar-refractivity contribution in [2.24, 2.45) is 0 Å². The Morgan fingerprint density at radius 2 is 2.40 bits per heavy atom. The van der Waals surface area contributed by atoms with Crippen molar-refractivity contribution in [1.29, 1.82) is 0 Å². The number of carbonyl (C=O) groups is 1. The molecule has 1 rings (SSSR count). The first-order valence-electron chi connectivity index (χ1n) is 5.19. The van der Waals surface area contributed by atoms with E-state index in [4.69, 9.17) is 4.42 Å². The standard InChI is InChI=1S/C11H18N2O2/c1-3-5-12-7-11(14)13(2)8-10-4-6-15-9-10/h4,6,9,12H,3,5,7-8H2,1-2H3. The van der Waals surface area contributed by atoms with Crippen LogP contribution in [0.3, 0.4) is 0 Å². The monoisotopic (exact) mass is 210 g/mol. The van der Waals surface area contributed by atoms with Crippen molar-refractivity contribution in [3.8, 4) is 0 Å². The molecule has 0 aromatic carbocycles. The number of likely N-dealkylation sites (N-methyl/N-ethyl adjacent to an activating group) is 1. The topological polar surface area (TPSA) is 45.5 Å². The molecule has 1 heterocycles. The maximum atomic E-state index is 11.6. The predicted octanol–water partition coefficient (Wildman–Crippen LogP) is 1.24. The van der Waals surface area contributed by atoms with Crippen LogP contribution in [0.25, 0.3) is 0 Å². The van der Waals surface area contributed by atoms with E-state index in [9.17, 15) is 4.79 Å². The molecule has 0 saturated heterocycles. The van der Waals surface area contributed by atoms with Gasteiger partial charge in [0.25, 0.3) is 0 Å². The lowest BCUT2D eigenvalue weighted by Crippen LogP contribution is -2.35. The van der Waals surface area contributed by atoms with E-state index in [0.717, 1.165) is 18.5 Å². The minimum atomic E-state index is 0.102. The number of rotatable bonds is 6. The van der Waals surface area contributed by atoms with E-state index in [0.29, 0.717) is 13.1 Å². The van der Waals surface area contributed by atoms with Gasteiger partial charge in [0.05, 0.1) is 19.1 Å². The van der Waals surface area contributed by atoms with Crippen LogP contribution >= 0.6 is 0 Å². The third-order valence-electron chi connectivity index (χ3n) is 2.13. The zero-order chi connectivity index (χ0) is 11.1. The Labute approximate surface area is 90.3 Å². The van der Waals surface area contributed by atoms with E-state index in [1.807, 2.05) is 6.07 Å². The average Bonchev–Trinajstić information content (AvgIpc) is 2.70. The van der Waals surface area contributed by atoms with Crippen LogP contribution in [0.5, 0.6) is 0 Å². The van der Waals surface area contributed by atoms with Gasteiger partial charge in [-0.3, -0.25) is 4.79 Å². The van der Waals surface area contributed by atoms with Crippen molar-refractivity contribution in [2.45, 2.75) is 19.9 Å². The minimum Gasteiger partial charge on any atom is -0.472 e. The van der Waals surface area contributed by atoms with Crippen LogP contribution in [-0.2, 0) is 11.3 Å². The molecule has 0 bridgehead atoms. The number of amides is 1. The van der Waals surface area contributed by atoms with Gasteiger partial charge < -0.3 is 14.6 Å². The average molecular weight is 210 g/mol. The van der Waals surface area contributed by atoms with Crippen LogP contribution in [-0.4, -0.2) is 30.9 Å². The van der Waals surface area contributed by atoms with Crippen LogP contribution in [0.1, 0.15) is 18.9 Å². The molecule has 0 fully saturated rings. The molecule has 0 unspecified atom stereocenters. The van der Waals surface area contributed by atoms with Crippen LogP contribution in [0.4, 0.5) is 0 Å². The Morgan fingerprint density at radius 3 is 3.00 bits per heavy atom. The number of hydrogen-bond acceptors (Lipinski definition) is 3. The summed E-state index contributed by atoms with van der Waals surface area (Å²) in [6.45, 7) is 3.96. The van der Waals surface area contributed by atoms with Crippen molar-refractivity contribution in [3.05, 3.63) is 24.2 Å². The van der Waals surface area contributed by atoms with E-state index < -0.39 is 0 Å². The Kier molecular flexibility index (Phi) is 4.90. The predicted molar refractivity (Wildman–Crippen MR) is 58.3 cm³/mol. The summed E-state index contributed by atoms with van der Waals surface area (Å²) in [5, 5.41) is 3.08. The minimum absolute atomic E-state index is 0.102. The molecule has 15 heavy (non-hydrogen) atoms. The van der Waals surface area contributed by atoms with Crippen molar-refractivity contribution in [2.75, 3.05) is 20.1 Å². The summed E-state index contributed by atoms with van der Waals surface area (Å²) >= 11 is 0. The van der Waals surface area contributed by atoms with Gasteiger partial charge in [-0.15, -0.1) is 0 Å². The fraction of sp³-hybridized carbons (Fsp3) is 0.545. The van der Waals surface area contributed by atoms with Crippen molar-refractivity contribution < 1.29 is 9.21 Å². The number of nitrogens with zero attached hydrogens (tertiary/aromatic N) is 1. The first kappa shape index (κ1) is 11.8. The van der Waals surface area contributed by atoms with Crippen molar-refractivity contribution in [1.82, 2.24) is 10.2 Å². The largest absolute Gasteiger partial charge is 0.472 e.